The van der Waals surface area contributed by atoms with Crippen molar-refractivity contribution in [3.05, 3.63) is 69.0 Å². The van der Waals surface area contributed by atoms with Gasteiger partial charge in [0.25, 0.3) is 5.56 Å². The molecule has 11 nitrogen and oxygen atoms in total. The predicted molar refractivity (Wildman–Crippen MR) is 128 cm³/mol. The minimum absolute atomic E-state index is 0.0717. The maximum absolute atomic E-state index is 13.6. The van der Waals surface area contributed by atoms with E-state index >= 15 is 0 Å². The third-order valence-electron chi connectivity index (χ3n) is 7.49. The molecular formula is C26H22N4O7. The lowest BCUT2D eigenvalue weighted by Gasteiger charge is -2.31. The van der Waals surface area contributed by atoms with Gasteiger partial charge in [-0.1, -0.05) is 6.92 Å². The molecule has 3 aromatic heterocycles. The number of fused-ring (bicyclic) bond motifs is 6. The number of cyclic esters (lactones) is 1. The zero-order chi connectivity index (χ0) is 25.5. The van der Waals surface area contributed by atoms with Gasteiger partial charge in [-0.3, -0.25) is 4.79 Å². The number of hydrogen-bond donors (Lipinski definition) is 2. The van der Waals surface area contributed by atoms with Crippen molar-refractivity contribution >= 4 is 16.9 Å². The van der Waals surface area contributed by atoms with Gasteiger partial charge in [-0.05, 0) is 24.1 Å². The molecule has 0 aliphatic carbocycles. The maximum Gasteiger partial charge on any atom is 0.343 e. The number of rotatable bonds is 4. The fourth-order valence-electron chi connectivity index (χ4n) is 5.49. The number of hydrogen-bond acceptors (Lipinski definition) is 9. The van der Waals surface area contributed by atoms with E-state index in [0.29, 0.717) is 40.6 Å². The van der Waals surface area contributed by atoms with E-state index in [0.717, 1.165) is 16.5 Å². The van der Waals surface area contributed by atoms with Crippen LogP contribution in [-0.2, 0) is 41.4 Å². The number of aromatic nitrogens is 4. The van der Waals surface area contributed by atoms with Crippen LogP contribution in [-0.4, -0.2) is 42.1 Å². The molecule has 4 aromatic rings. The summed E-state index contributed by atoms with van der Waals surface area (Å²) in [6.45, 7) is 2.12. The average Bonchev–Trinajstić information content (AvgIpc) is 3.64. The third-order valence-corrected chi connectivity index (χ3v) is 7.49. The Morgan fingerprint density at radius 1 is 1.11 bits per heavy atom. The van der Waals surface area contributed by atoms with Crippen molar-refractivity contribution in [1.29, 1.82) is 0 Å². The molecule has 7 rings (SSSR count). The van der Waals surface area contributed by atoms with Crippen molar-refractivity contribution < 1.29 is 29.2 Å². The molecule has 0 spiro atoms. The molecule has 6 heterocycles. The molecule has 1 atom stereocenters. The minimum Gasteiger partial charge on any atom is -0.458 e. The topological polar surface area (TPSA) is 138 Å². The van der Waals surface area contributed by atoms with E-state index in [1.54, 1.807) is 30.1 Å². The number of aliphatic hydroxyl groups is 2. The fourth-order valence-corrected chi connectivity index (χ4v) is 5.49. The summed E-state index contributed by atoms with van der Waals surface area (Å²) in [5.74, 6) is 0.439. The van der Waals surface area contributed by atoms with Crippen LogP contribution in [0.3, 0.4) is 0 Å². The van der Waals surface area contributed by atoms with Gasteiger partial charge in [0.05, 0.1) is 47.6 Å². The van der Waals surface area contributed by atoms with Gasteiger partial charge in [-0.25, -0.2) is 14.8 Å². The number of ether oxygens (including phenoxy) is 3. The third kappa shape index (κ3) is 3.01. The van der Waals surface area contributed by atoms with E-state index in [1.165, 1.54) is 0 Å². The number of carbonyl (C=O) groups is 1. The molecule has 0 unspecified atom stereocenters. The highest BCUT2D eigenvalue weighted by atomic mass is 16.7. The first-order valence-corrected chi connectivity index (χ1v) is 11.9. The summed E-state index contributed by atoms with van der Waals surface area (Å²) < 4.78 is 19.8. The van der Waals surface area contributed by atoms with Crippen molar-refractivity contribution in [2.45, 2.75) is 45.2 Å². The van der Waals surface area contributed by atoms with Gasteiger partial charge in [-0.15, -0.1) is 0 Å². The smallest absolute Gasteiger partial charge is 0.343 e. The number of pyridine rings is 2. The lowest BCUT2D eigenvalue weighted by atomic mass is 9.86. The van der Waals surface area contributed by atoms with Crippen molar-refractivity contribution in [3.63, 3.8) is 0 Å². The van der Waals surface area contributed by atoms with Gasteiger partial charge >= 0.3 is 5.97 Å². The zero-order valence-electron chi connectivity index (χ0n) is 19.9. The van der Waals surface area contributed by atoms with Crippen molar-refractivity contribution in [3.8, 4) is 22.9 Å². The van der Waals surface area contributed by atoms with Gasteiger partial charge < -0.3 is 33.6 Å². The summed E-state index contributed by atoms with van der Waals surface area (Å²) in [6, 6.07) is 5.40. The van der Waals surface area contributed by atoms with E-state index < -0.39 is 11.6 Å². The summed E-state index contributed by atoms with van der Waals surface area (Å²) in [6.07, 6.45) is 3.49. The van der Waals surface area contributed by atoms with Gasteiger partial charge in [0, 0.05) is 35.3 Å². The van der Waals surface area contributed by atoms with Crippen LogP contribution in [0.25, 0.3) is 22.3 Å². The maximum atomic E-state index is 13.6. The monoisotopic (exact) mass is 502 g/mol. The summed E-state index contributed by atoms with van der Waals surface area (Å²) in [5, 5.41) is 21.5. The average molecular weight is 502 g/mol. The molecule has 11 heteroatoms. The summed E-state index contributed by atoms with van der Waals surface area (Å²) >= 11 is 0. The highest BCUT2D eigenvalue weighted by Gasteiger charge is 2.45. The van der Waals surface area contributed by atoms with E-state index in [4.69, 9.17) is 19.2 Å². The van der Waals surface area contributed by atoms with Crippen LogP contribution in [0, 0.1) is 0 Å². The van der Waals surface area contributed by atoms with E-state index in [9.17, 15) is 19.8 Å². The molecule has 2 N–H and O–H groups in total. The SMILES string of the molecule is CC[C@@]1(O)C(=O)OCc2c1cc1n(c2=O)Cc2c-1nc1cc3c(cc1c2Cn1cnc(CO)c1)OCO3. The van der Waals surface area contributed by atoms with Crippen LogP contribution in [0.5, 0.6) is 11.5 Å². The standard InChI is InChI=1S/C26H22N4O7/c1-2-26(34)18-4-20-23-16(8-30(20)24(32)17(18)10-35-25(26)33)15(7-29-6-13(9-31)27-11-29)14-3-21-22(37-12-36-21)5-19(14)28-23/h3-6,11,31,34H,2,7-10,12H2,1H3/t26-/m0/s1. The summed E-state index contributed by atoms with van der Waals surface area (Å²) in [5.41, 5.74) is 2.42. The van der Waals surface area contributed by atoms with E-state index in [2.05, 4.69) is 4.98 Å². The summed E-state index contributed by atoms with van der Waals surface area (Å²) in [7, 11) is 0. The first kappa shape index (κ1) is 22.0. The molecular weight excluding hydrogens is 480 g/mol. The number of imidazole rings is 1. The zero-order valence-corrected chi connectivity index (χ0v) is 19.9. The molecule has 0 amide bonds. The number of benzene rings is 1. The van der Waals surface area contributed by atoms with Crippen LogP contribution < -0.4 is 15.0 Å². The van der Waals surface area contributed by atoms with Gasteiger partial charge in [-0.2, -0.15) is 0 Å². The Morgan fingerprint density at radius 3 is 2.68 bits per heavy atom. The highest BCUT2D eigenvalue weighted by Crippen LogP contribution is 2.43. The Hall–Kier alpha value is -4.22. The fraction of sp³-hybridized carbons (Fsp3) is 0.308. The number of nitrogens with zero attached hydrogens (tertiary/aromatic N) is 4. The van der Waals surface area contributed by atoms with Gasteiger partial charge in [0.1, 0.15) is 6.61 Å². The molecule has 0 saturated heterocycles. The van der Waals surface area contributed by atoms with Crippen LogP contribution in [0.15, 0.2) is 35.5 Å². The highest BCUT2D eigenvalue weighted by molar-refractivity contribution is 5.91. The quantitative estimate of drug-likeness (QED) is 0.351. The van der Waals surface area contributed by atoms with Crippen molar-refractivity contribution in [2.24, 2.45) is 0 Å². The van der Waals surface area contributed by atoms with E-state index in [1.807, 2.05) is 16.7 Å². The van der Waals surface area contributed by atoms with E-state index in [-0.39, 0.29) is 49.7 Å². The van der Waals surface area contributed by atoms with Crippen LogP contribution >= 0.6 is 0 Å². The minimum atomic E-state index is -1.89. The van der Waals surface area contributed by atoms with Crippen molar-refractivity contribution in [2.75, 3.05) is 6.79 Å². The Morgan fingerprint density at radius 2 is 1.92 bits per heavy atom. The lowest BCUT2D eigenvalue weighted by molar-refractivity contribution is -0.172. The molecule has 3 aliphatic heterocycles. The molecule has 37 heavy (non-hydrogen) atoms. The largest absolute Gasteiger partial charge is 0.458 e. The predicted octanol–water partition coefficient (Wildman–Crippen LogP) is 1.55. The second-order valence-corrected chi connectivity index (χ2v) is 9.44. The number of carbonyl (C=O) groups excluding carboxylic acids is 1. The molecule has 1 aromatic carbocycles. The number of aliphatic hydroxyl groups excluding tert-OH is 1. The molecule has 3 aliphatic rings. The second kappa shape index (κ2) is 7.64. The van der Waals surface area contributed by atoms with Gasteiger partial charge in [0.2, 0.25) is 6.79 Å². The van der Waals surface area contributed by atoms with Crippen molar-refractivity contribution in [1.82, 2.24) is 19.1 Å². The van der Waals surface area contributed by atoms with Crippen LogP contribution in [0.4, 0.5) is 0 Å². The molecule has 0 fully saturated rings. The van der Waals surface area contributed by atoms with Crippen LogP contribution in [0.2, 0.25) is 0 Å². The molecule has 188 valence electrons. The Kier molecular flexibility index (Phi) is 4.55. The molecule has 0 radical (unpaired) electrons. The normalized spacial score (nSPS) is 19.1. The first-order valence-electron chi connectivity index (χ1n) is 11.9. The molecule has 0 bridgehead atoms. The lowest BCUT2D eigenvalue weighted by Crippen LogP contribution is -2.44. The van der Waals surface area contributed by atoms with Crippen LogP contribution in [0.1, 0.15) is 41.3 Å². The summed E-state index contributed by atoms with van der Waals surface area (Å²) in [4.78, 5) is 35.2. The Balaban J connectivity index is 1.49. The second-order valence-electron chi connectivity index (χ2n) is 9.44. The Labute approximate surface area is 209 Å². The molecule has 0 saturated carbocycles. The van der Waals surface area contributed by atoms with Gasteiger partial charge in [0.15, 0.2) is 17.1 Å². The first-order chi connectivity index (χ1) is 17.9. The number of esters is 1. The Bertz CT molecular complexity index is 1710.